The first-order valence-corrected chi connectivity index (χ1v) is 4.90. The average Bonchev–Trinajstić information content (AvgIpc) is 2.05. The van der Waals surface area contributed by atoms with Crippen LogP contribution < -0.4 is 0 Å². The van der Waals surface area contributed by atoms with E-state index in [0.717, 1.165) is 12.3 Å². The van der Waals surface area contributed by atoms with E-state index >= 15 is 0 Å². The lowest BCUT2D eigenvalue weighted by Crippen LogP contribution is -2.40. The Morgan fingerprint density at radius 3 is 2.67 bits per heavy atom. The summed E-state index contributed by atoms with van der Waals surface area (Å²) in [7, 11) is 1.50. The maximum absolute atomic E-state index is 11.3. The molecule has 0 heterocycles. The Morgan fingerprint density at radius 1 is 1.25 bits per heavy atom. The number of hydrogen-bond acceptors (Lipinski definition) is 2. The molecule has 2 saturated carbocycles. The molecule has 0 amide bonds. The zero-order valence-corrected chi connectivity index (χ0v) is 7.58. The Balaban J connectivity index is 1.99. The Bertz CT molecular complexity index is 188. The molecule has 68 valence electrons. The van der Waals surface area contributed by atoms with Gasteiger partial charge in [0.2, 0.25) is 0 Å². The van der Waals surface area contributed by atoms with Crippen LogP contribution in [0.3, 0.4) is 0 Å². The second-order valence-electron chi connectivity index (χ2n) is 4.06. The van der Waals surface area contributed by atoms with E-state index in [1.807, 2.05) is 0 Å². The largest absolute Gasteiger partial charge is 0.469 e. The van der Waals surface area contributed by atoms with Gasteiger partial charge >= 0.3 is 5.97 Å². The number of hydrogen-bond donors (Lipinski definition) is 0. The van der Waals surface area contributed by atoms with Gasteiger partial charge in [0.15, 0.2) is 0 Å². The van der Waals surface area contributed by atoms with E-state index in [0.29, 0.717) is 5.92 Å². The van der Waals surface area contributed by atoms with Crippen LogP contribution in [0.25, 0.3) is 0 Å². The summed E-state index contributed by atoms with van der Waals surface area (Å²) in [6.45, 7) is 0. The molecular weight excluding hydrogens is 152 g/mol. The molecule has 0 radical (unpaired) electrons. The molecule has 2 nitrogen and oxygen atoms in total. The molecular formula is C10H16O2. The van der Waals surface area contributed by atoms with E-state index in [2.05, 4.69) is 0 Å². The van der Waals surface area contributed by atoms with Crippen molar-refractivity contribution in [3.63, 3.8) is 0 Å². The van der Waals surface area contributed by atoms with Crippen molar-refractivity contribution >= 4 is 5.97 Å². The summed E-state index contributed by atoms with van der Waals surface area (Å²) in [5.74, 6) is 1.79. The quantitative estimate of drug-likeness (QED) is 0.560. The van der Waals surface area contributed by atoms with Crippen molar-refractivity contribution < 1.29 is 9.53 Å². The maximum atomic E-state index is 11.3. The molecule has 2 unspecified atom stereocenters. The van der Waals surface area contributed by atoms with Gasteiger partial charge in [-0.25, -0.2) is 0 Å². The number of ether oxygens (including phenoxy) is 1. The molecule has 0 aromatic carbocycles. The first-order valence-electron chi connectivity index (χ1n) is 4.90. The van der Waals surface area contributed by atoms with Crippen molar-refractivity contribution in [2.45, 2.75) is 32.1 Å². The van der Waals surface area contributed by atoms with Crippen LogP contribution in [0.15, 0.2) is 0 Å². The van der Waals surface area contributed by atoms with Crippen molar-refractivity contribution in [1.82, 2.24) is 0 Å². The minimum Gasteiger partial charge on any atom is -0.469 e. The fraction of sp³-hybridized carbons (Fsp3) is 0.900. The molecule has 12 heavy (non-hydrogen) atoms. The maximum Gasteiger partial charge on any atom is 0.308 e. The van der Waals surface area contributed by atoms with Crippen molar-refractivity contribution in [3.8, 4) is 0 Å². The van der Waals surface area contributed by atoms with Crippen LogP contribution in [0.4, 0.5) is 0 Å². The minimum atomic E-state index is 0.0319. The van der Waals surface area contributed by atoms with E-state index in [-0.39, 0.29) is 11.9 Å². The van der Waals surface area contributed by atoms with Gasteiger partial charge in [0.25, 0.3) is 0 Å². The van der Waals surface area contributed by atoms with Crippen molar-refractivity contribution in [2.24, 2.45) is 17.8 Å². The number of esters is 1. The molecule has 2 rings (SSSR count). The van der Waals surface area contributed by atoms with Crippen LogP contribution in [-0.4, -0.2) is 13.1 Å². The predicted molar refractivity (Wildman–Crippen MR) is 45.6 cm³/mol. The van der Waals surface area contributed by atoms with Gasteiger partial charge in [-0.3, -0.25) is 4.79 Å². The highest BCUT2D eigenvalue weighted by atomic mass is 16.5. The predicted octanol–water partition coefficient (Wildman–Crippen LogP) is 1.99. The first kappa shape index (κ1) is 8.09. The van der Waals surface area contributed by atoms with Crippen LogP contribution in [0.1, 0.15) is 32.1 Å². The van der Waals surface area contributed by atoms with E-state index in [9.17, 15) is 4.79 Å². The smallest absolute Gasteiger partial charge is 0.308 e. The normalized spacial score (nSPS) is 39.6. The molecule has 0 aliphatic heterocycles. The Morgan fingerprint density at radius 2 is 2.08 bits per heavy atom. The lowest BCUT2D eigenvalue weighted by molar-refractivity contribution is -0.152. The summed E-state index contributed by atoms with van der Waals surface area (Å²) in [5.41, 5.74) is 0. The first-order chi connectivity index (χ1) is 5.83. The number of rotatable bonds is 1. The van der Waals surface area contributed by atoms with E-state index < -0.39 is 0 Å². The van der Waals surface area contributed by atoms with E-state index in [1.54, 1.807) is 0 Å². The third-order valence-electron chi connectivity index (χ3n) is 3.59. The topological polar surface area (TPSA) is 26.3 Å². The van der Waals surface area contributed by atoms with Gasteiger partial charge in [0, 0.05) is 0 Å². The zero-order valence-electron chi connectivity index (χ0n) is 7.58. The third-order valence-corrected chi connectivity index (χ3v) is 3.59. The molecule has 0 N–H and O–H groups in total. The zero-order chi connectivity index (χ0) is 8.55. The van der Waals surface area contributed by atoms with Crippen LogP contribution in [0.2, 0.25) is 0 Å². The number of carbonyl (C=O) groups is 1. The highest BCUT2D eigenvalue weighted by Crippen LogP contribution is 2.48. The molecule has 0 spiro atoms. The fourth-order valence-corrected chi connectivity index (χ4v) is 2.74. The SMILES string of the molecule is COC(=O)[C@@H]1CCCC2CCC21. The number of fused-ring (bicyclic) bond motifs is 1. The standard InChI is InChI=1S/C10H16O2/c1-12-10(11)9-4-2-3-7-5-6-8(7)9/h7-9H,2-6H2,1H3/t7?,8?,9-/m1/s1. The monoisotopic (exact) mass is 168 g/mol. The summed E-state index contributed by atoms with van der Waals surface area (Å²) in [6, 6.07) is 0. The number of methoxy groups -OCH3 is 1. The minimum absolute atomic E-state index is 0.0319. The number of carbonyl (C=O) groups excluding carboxylic acids is 1. The Hall–Kier alpha value is -0.530. The molecule has 2 aliphatic carbocycles. The van der Waals surface area contributed by atoms with E-state index in [4.69, 9.17) is 4.74 Å². The van der Waals surface area contributed by atoms with Gasteiger partial charge in [-0.15, -0.1) is 0 Å². The van der Waals surface area contributed by atoms with Crippen LogP contribution >= 0.6 is 0 Å². The highest BCUT2D eigenvalue weighted by molar-refractivity contribution is 5.73. The Labute approximate surface area is 73.3 Å². The summed E-state index contributed by atoms with van der Waals surface area (Å²) >= 11 is 0. The summed E-state index contributed by atoms with van der Waals surface area (Å²) in [5, 5.41) is 0. The lowest BCUT2D eigenvalue weighted by Gasteiger charge is -2.44. The molecule has 2 heteroatoms. The molecule has 0 bridgehead atoms. The second-order valence-corrected chi connectivity index (χ2v) is 4.06. The molecule has 2 fully saturated rings. The van der Waals surface area contributed by atoms with Crippen molar-refractivity contribution in [2.75, 3.05) is 7.11 Å². The van der Waals surface area contributed by atoms with Gasteiger partial charge in [0.05, 0.1) is 13.0 Å². The van der Waals surface area contributed by atoms with E-state index in [1.165, 1.54) is 32.8 Å². The second kappa shape index (κ2) is 3.08. The van der Waals surface area contributed by atoms with Crippen molar-refractivity contribution in [1.29, 1.82) is 0 Å². The Kier molecular flexibility index (Phi) is 2.07. The molecule has 3 atom stereocenters. The third kappa shape index (κ3) is 1.13. The van der Waals surface area contributed by atoms with Crippen molar-refractivity contribution in [3.05, 3.63) is 0 Å². The van der Waals surface area contributed by atoms with Gasteiger partial charge in [-0.2, -0.15) is 0 Å². The molecule has 0 saturated heterocycles. The van der Waals surface area contributed by atoms with Crippen LogP contribution in [-0.2, 0) is 9.53 Å². The summed E-state index contributed by atoms with van der Waals surface area (Å²) < 4.78 is 4.80. The van der Waals surface area contributed by atoms with Crippen LogP contribution in [0, 0.1) is 17.8 Å². The van der Waals surface area contributed by atoms with Gasteiger partial charge in [0.1, 0.15) is 0 Å². The highest BCUT2D eigenvalue weighted by Gasteiger charge is 2.43. The fourth-order valence-electron chi connectivity index (χ4n) is 2.74. The van der Waals surface area contributed by atoms with Crippen LogP contribution in [0.5, 0.6) is 0 Å². The lowest BCUT2D eigenvalue weighted by atomic mass is 9.60. The molecule has 0 aromatic rings. The molecule has 2 aliphatic rings. The summed E-state index contributed by atoms with van der Waals surface area (Å²) in [4.78, 5) is 11.3. The van der Waals surface area contributed by atoms with Gasteiger partial charge in [-0.05, 0) is 31.1 Å². The summed E-state index contributed by atoms with van der Waals surface area (Å²) in [6.07, 6.45) is 6.23. The molecule has 0 aromatic heterocycles. The average molecular weight is 168 g/mol. The van der Waals surface area contributed by atoms with Gasteiger partial charge in [-0.1, -0.05) is 12.8 Å². The van der Waals surface area contributed by atoms with Gasteiger partial charge < -0.3 is 4.74 Å².